The maximum absolute atomic E-state index is 13.6. The molecular weight excluding hydrogens is 404 g/mol. The lowest BCUT2D eigenvalue weighted by molar-refractivity contribution is -0.140. The molecule has 1 amide bonds. The Kier molecular flexibility index (Phi) is 5.98. The smallest absolute Gasteiger partial charge is 0.311 e. The average Bonchev–Trinajstić information content (AvgIpc) is 3.01. The summed E-state index contributed by atoms with van der Waals surface area (Å²) in [6, 6.07) is 13.4. The number of hydrogen-bond donors (Lipinski definition) is 0. The van der Waals surface area contributed by atoms with Crippen molar-refractivity contribution in [1.82, 2.24) is 8.87 Å². The molecule has 0 fully saturated rings. The molecule has 7 nitrogen and oxygen atoms in total. The second-order valence-corrected chi connectivity index (χ2v) is 9.03. The molecule has 0 N–H and O–H groups in total. The van der Waals surface area contributed by atoms with Gasteiger partial charge >= 0.3 is 5.97 Å². The van der Waals surface area contributed by atoms with Gasteiger partial charge in [-0.25, -0.2) is 12.4 Å². The van der Waals surface area contributed by atoms with Crippen LogP contribution in [0.5, 0.6) is 0 Å². The lowest BCUT2D eigenvalue weighted by atomic mass is 10.1. The lowest BCUT2D eigenvalue weighted by Crippen LogP contribution is -2.25. The van der Waals surface area contributed by atoms with E-state index in [1.54, 1.807) is 50.5 Å². The highest BCUT2D eigenvalue weighted by molar-refractivity contribution is 7.90. The number of ether oxygens (including phenoxy) is 1. The number of carbonyl (C=O) groups is 2. The molecule has 2 aromatic carbocycles. The van der Waals surface area contributed by atoms with Gasteiger partial charge in [0.25, 0.3) is 10.0 Å². The minimum atomic E-state index is -4.02. The number of hydrogen-bond acceptors (Lipinski definition) is 5. The van der Waals surface area contributed by atoms with Crippen molar-refractivity contribution in [1.29, 1.82) is 0 Å². The molecule has 3 rings (SSSR count). The minimum Gasteiger partial charge on any atom is -0.469 e. The Labute approximate surface area is 175 Å². The van der Waals surface area contributed by atoms with Crippen LogP contribution in [0.3, 0.4) is 0 Å². The molecule has 0 spiro atoms. The van der Waals surface area contributed by atoms with Gasteiger partial charge in [0.1, 0.15) is 0 Å². The van der Waals surface area contributed by atoms with Crippen LogP contribution >= 0.6 is 0 Å². The Bertz CT molecular complexity index is 1210. The maximum Gasteiger partial charge on any atom is 0.311 e. The van der Waals surface area contributed by atoms with Crippen LogP contribution in [0.1, 0.15) is 16.8 Å². The van der Waals surface area contributed by atoms with Gasteiger partial charge in [-0.2, -0.15) is 0 Å². The van der Waals surface area contributed by atoms with E-state index in [1.807, 2.05) is 6.92 Å². The van der Waals surface area contributed by atoms with Crippen molar-refractivity contribution < 1.29 is 22.7 Å². The molecule has 0 bridgehead atoms. The third kappa shape index (κ3) is 3.95. The van der Waals surface area contributed by atoms with Crippen molar-refractivity contribution >= 4 is 32.8 Å². The standard InChI is InChI=1S/C22H24N2O5S/c1-15-9-11-16(12-10-15)30(27,28)24-19-8-6-5-7-17(19)18(13-21(25)23(2)3)20(24)14-22(26)29-4/h5-12H,13-14H2,1-4H3. The SMILES string of the molecule is COC(=O)Cc1c(CC(=O)N(C)C)c2ccccc2n1S(=O)(=O)c1ccc(C)cc1. The Morgan fingerprint density at radius 3 is 2.23 bits per heavy atom. The van der Waals surface area contributed by atoms with Crippen LogP contribution in [-0.2, 0) is 37.2 Å². The van der Waals surface area contributed by atoms with Crippen molar-refractivity contribution in [3.05, 3.63) is 65.4 Å². The van der Waals surface area contributed by atoms with Gasteiger partial charge in [-0.3, -0.25) is 9.59 Å². The number of benzene rings is 2. The summed E-state index contributed by atoms with van der Waals surface area (Å²) >= 11 is 0. The largest absolute Gasteiger partial charge is 0.469 e. The molecule has 0 radical (unpaired) electrons. The van der Waals surface area contributed by atoms with Gasteiger partial charge in [-0.1, -0.05) is 35.9 Å². The first-order chi connectivity index (χ1) is 14.2. The summed E-state index contributed by atoms with van der Waals surface area (Å²) in [6.45, 7) is 1.87. The van der Waals surface area contributed by atoms with E-state index >= 15 is 0 Å². The minimum absolute atomic E-state index is 0.0315. The molecule has 0 saturated carbocycles. The first-order valence-corrected chi connectivity index (χ1v) is 10.8. The van der Waals surface area contributed by atoms with Gasteiger partial charge in [0, 0.05) is 19.5 Å². The zero-order valence-corrected chi connectivity index (χ0v) is 18.2. The third-order valence-corrected chi connectivity index (χ3v) is 6.73. The van der Waals surface area contributed by atoms with E-state index in [1.165, 1.54) is 28.1 Å². The van der Waals surface area contributed by atoms with Crippen molar-refractivity contribution in [2.24, 2.45) is 0 Å². The van der Waals surface area contributed by atoms with Gasteiger partial charge < -0.3 is 9.64 Å². The third-order valence-electron chi connectivity index (χ3n) is 4.97. The number of methoxy groups -OCH3 is 1. The first kappa shape index (κ1) is 21.6. The molecule has 0 saturated heterocycles. The summed E-state index contributed by atoms with van der Waals surface area (Å²) in [5.41, 5.74) is 2.08. The molecule has 1 aromatic heterocycles. The lowest BCUT2D eigenvalue weighted by Gasteiger charge is -2.14. The van der Waals surface area contributed by atoms with Crippen LogP contribution in [0.4, 0.5) is 0 Å². The number of aryl methyl sites for hydroxylation is 1. The van der Waals surface area contributed by atoms with Crippen LogP contribution in [0.25, 0.3) is 10.9 Å². The number of nitrogens with zero attached hydrogens (tertiary/aromatic N) is 2. The molecule has 30 heavy (non-hydrogen) atoms. The van der Waals surface area contributed by atoms with Crippen molar-refractivity contribution in [3.8, 4) is 0 Å². The number of likely N-dealkylation sites (N-methyl/N-ethyl adjacent to an activating group) is 1. The number of rotatable bonds is 6. The van der Waals surface area contributed by atoms with Crippen molar-refractivity contribution in [2.45, 2.75) is 24.7 Å². The number of aromatic nitrogens is 1. The topological polar surface area (TPSA) is 85.7 Å². The second-order valence-electron chi connectivity index (χ2n) is 7.24. The van der Waals surface area contributed by atoms with E-state index in [0.29, 0.717) is 16.5 Å². The fourth-order valence-corrected chi connectivity index (χ4v) is 4.89. The number of amides is 1. The summed E-state index contributed by atoms with van der Waals surface area (Å²) in [5.74, 6) is -0.784. The van der Waals surface area contributed by atoms with E-state index in [0.717, 1.165) is 5.56 Å². The van der Waals surface area contributed by atoms with E-state index in [2.05, 4.69) is 0 Å². The average molecular weight is 429 g/mol. The van der Waals surface area contributed by atoms with Crippen LogP contribution in [0.2, 0.25) is 0 Å². The monoisotopic (exact) mass is 428 g/mol. The number of esters is 1. The number of fused-ring (bicyclic) bond motifs is 1. The zero-order valence-electron chi connectivity index (χ0n) is 17.4. The number of carbonyl (C=O) groups excluding carboxylic acids is 2. The predicted molar refractivity (Wildman–Crippen MR) is 114 cm³/mol. The normalized spacial score (nSPS) is 11.5. The van der Waals surface area contributed by atoms with E-state index < -0.39 is 16.0 Å². The maximum atomic E-state index is 13.6. The van der Waals surface area contributed by atoms with Gasteiger partial charge in [-0.05, 0) is 30.7 Å². The highest BCUT2D eigenvalue weighted by Gasteiger charge is 2.29. The molecule has 0 aliphatic rings. The van der Waals surface area contributed by atoms with Crippen LogP contribution in [-0.4, -0.2) is 50.4 Å². The molecule has 0 aliphatic heterocycles. The van der Waals surface area contributed by atoms with Gasteiger partial charge in [0.05, 0.1) is 36.1 Å². The number of para-hydroxylation sites is 1. The highest BCUT2D eigenvalue weighted by Crippen LogP contribution is 2.32. The summed E-state index contributed by atoms with van der Waals surface area (Å²) in [4.78, 5) is 26.2. The Hall–Kier alpha value is -3.13. The van der Waals surface area contributed by atoms with Crippen molar-refractivity contribution in [2.75, 3.05) is 21.2 Å². The first-order valence-electron chi connectivity index (χ1n) is 9.37. The molecule has 0 atom stereocenters. The molecule has 1 heterocycles. The zero-order chi connectivity index (χ0) is 22.1. The van der Waals surface area contributed by atoms with Gasteiger partial charge in [0.15, 0.2) is 0 Å². The van der Waals surface area contributed by atoms with E-state index in [9.17, 15) is 18.0 Å². The molecule has 3 aromatic rings. The quantitative estimate of drug-likeness (QED) is 0.563. The van der Waals surface area contributed by atoms with Crippen LogP contribution in [0, 0.1) is 6.92 Å². The van der Waals surface area contributed by atoms with E-state index in [-0.39, 0.29) is 29.3 Å². The molecule has 0 unspecified atom stereocenters. The van der Waals surface area contributed by atoms with E-state index in [4.69, 9.17) is 4.74 Å². The van der Waals surface area contributed by atoms with Crippen molar-refractivity contribution in [3.63, 3.8) is 0 Å². The van der Waals surface area contributed by atoms with Crippen LogP contribution in [0.15, 0.2) is 53.4 Å². The summed E-state index contributed by atoms with van der Waals surface area (Å²) in [6.07, 6.45) is -0.303. The molecule has 0 aliphatic carbocycles. The summed E-state index contributed by atoms with van der Waals surface area (Å²) in [5, 5.41) is 0.613. The van der Waals surface area contributed by atoms with Gasteiger partial charge in [-0.15, -0.1) is 0 Å². The Morgan fingerprint density at radius 1 is 1.00 bits per heavy atom. The van der Waals surface area contributed by atoms with Crippen LogP contribution < -0.4 is 0 Å². The summed E-state index contributed by atoms with van der Waals surface area (Å²) in [7, 11) is 0.485. The fourth-order valence-electron chi connectivity index (χ4n) is 3.31. The van der Waals surface area contributed by atoms with Gasteiger partial charge in [0.2, 0.25) is 5.91 Å². The molecular formula is C22H24N2O5S. The molecule has 8 heteroatoms. The Balaban J connectivity index is 2.34. The fraction of sp³-hybridized carbons (Fsp3) is 0.273. The molecule has 158 valence electrons. The Morgan fingerprint density at radius 2 is 1.63 bits per heavy atom. The summed E-state index contributed by atoms with van der Waals surface area (Å²) < 4.78 is 33.2. The predicted octanol–water partition coefficient (Wildman–Crippen LogP) is 2.53. The second kappa shape index (κ2) is 8.31. The highest BCUT2D eigenvalue weighted by atomic mass is 32.2.